The molecular weight excluding hydrogens is 468 g/mol. The summed E-state index contributed by atoms with van der Waals surface area (Å²) in [5.74, 6) is -0.384. The molecule has 180 valence electrons. The summed E-state index contributed by atoms with van der Waals surface area (Å²) >= 11 is 0. The number of nitrogens with two attached hydrogens (primary N) is 1. The van der Waals surface area contributed by atoms with Gasteiger partial charge in [-0.2, -0.15) is 4.31 Å². The number of aryl methyl sites for hydroxylation is 2. The van der Waals surface area contributed by atoms with E-state index in [1.54, 1.807) is 0 Å². The Morgan fingerprint density at radius 1 is 1.09 bits per heavy atom. The van der Waals surface area contributed by atoms with Gasteiger partial charge in [0, 0.05) is 44.7 Å². The third kappa shape index (κ3) is 6.91. The number of primary amides is 1. The molecule has 9 nitrogen and oxygen atoms in total. The van der Waals surface area contributed by atoms with Crippen LogP contribution in [0, 0.1) is 13.8 Å². The van der Waals surface area contributed by atoms with E-state index in [4.69, 9.17) is 10.5 Å². The molecule has 0 atom stereocenters. The van der Waals surface area contributed by atoms with Crippen LogP contribution in [0.5, 0.6) is 11.5 Å². The van der Waals surface area contributed by atoms with Crippen molar-refractivity contribution in [3.8, 4) is 11.5 Å². The quantitative estimate of drug-likeness (QED) is 0.510. The lowest BCUT2D eigenvalue weighted by molar-refractivity contribution is -0.117. The van der Waals surface area contributed by atoms with Crippen LogP contribution in [0.4, 0.5) is 0 Å². The second-order valence-electron chi connectivity index (χ2n) is 7.71. The van der Waals surface area contributed by atoms with E-state index in [0.29, 0.717) is 31.9 Å². The van der Waals surface area contributed by atoms with Gasteiger partial charge in [0.15, 0.2) is 0 Å². The largest absolute Gasteiger partial charge is 0.456 e. The predicted octanol–water partition coefficient (Wildman–Crippen LogP) is 1.72. The van der Waals surface area contributed by atoms with Crippen LogP contribution in [0.25, 0.3) is 0 Å². The van der Waals surface area contributed by atoms with Crippen molar-refractivity contribution in [3.63, 3.8) is 0 Å². The van der Waals surface area contributed by atoms with Gasteiger partial charge in [0.05, 0.1) is 0 Å². The van der Waals surface area contributed by atoms with Crippen molar-refractivity contribution in [1.82, 2.24) is 14.9 Å². The van der Waals surface area contributed by atoms with E-state index in [9.17, 15) is 18.0 Å². The third-order valence-electron chi connectivity index (χ3n) is 4.98. The van der Waals surface area contributed by atoms with E-state index in [1.807, 2.05) is 32.0 Å². The number of carbonyl (C=O) groups is 2. The van der Waals surface area contributed by atoms with Crippen LogP contribution in [-0.2, 0) is 14.8 Å². The number of benzene rings is 2. The minimum atomic E-state index is -3.91. The van der Waals surface area contributed by atoms with Crippen LogP contribution in [0.1, 0.15) is 27.9 Å². The number of hydrogen-bond acceptors (Lipinski definition) is 6. The Kier molecular flexibility index (Phi) is 9.24. The maximum Gasteiger partial charge on any atom is 0.251 e. The molecule has 0 aromatic heterocycles. The van der Waals surface area contributed by atoms with E-state index in [1.165, 1.54) is 22.5 Å². The molecule has 1 fully saturated rings. The van der Waals surface area contributed by atoms with Gasteiger partial charge < -0.3 is 21.1 Å². The van der Waals surface area contributed by atoms with Gasteiger partial charge in [-0.05, 0) is 55.3 Å². The molecular formula is C22H29ClN4O5S. The Morgan fingerprint density at radius 3 is 2.33 bits per heavy atom. The maximum absolute atomic E-state index is 13.4. The molecule has 0 aliphatic carbocycles. The lowest BCUT2D eigenvalue weighted by atomic mass is 10.1. The zero-order valence-corrected chi connectivity index (χ0v) is 20.2. The standard InChI is InChI=1S/C22H28N4O5S.ClH/c1-15-11-16(2)13-18(12-15)31-19-4-3-17(22(28)25-6-5-21(23)27)14-20(19)32(29,30)26-9-7-24-8-10-26;/h3-4,11-14,24H,5-10H2,1-2H3,(H2,23,27)(H,25,28);1H. The highest BCUT2D eigenvalue weighted by Gasteiger charge is 2.30. The summed E-state index contributed by atoms with van der Waals surface area (Å²) in [7, 11) is -3.91. The molecule has 2 aromatic carbocycles. The number of sulfonamides is 1. The molecule has 0 unspecified atom stereocenters. The second kappa shape index (κ2) is 11.5. The fourth-order valence-electron chi connectivity index (χ4n) is 3.48. The summed E-state index contributed by atoms with van der Waals surface area (Å²) in [4.78, 5) is 23.3. The summed E-state index contributed by atoms with van der Waals surface area (Å²) in [5.41, 5.74) is 7.21. The van der Waals surface area contributed by atoms with Crippen molar-refractivity contribution in [2.24, 2.45) is 5.73 Å². The number of halogens is 1. The number of carbonyl (C=O) groups excluding carboxylic acids is 2. The SMILES string of the molecule is Cc1cc(C)cc(Oc2ccc(C(=O)NCCC(N)=O)cc2S(=O)(=O)N2CCNCC2)c1.Cl. The van der Waals surface area contributed by atoms with Gasteiger partial charge >= 0.3 is 0 Å². The number of hydrogen-bond donors (Lipinski definition) is 3. The van der Waals surface area contributed by atoms with Gasteiger partial charge in [-0.25, -0.2) is 8.42 Å². The van der Waals surface area contributed by atoms with Gasteiger partial charge in [-0.3, -0.25) is 9.59 Å². The molecule has 1 aliphatic rings. The molecule has 1 heterocycles. The van der Waals surface area contributed by atoms with Crippen molar-refractivity contribution in [1.29, 1.82) is 0 Å². The predicted molar refractivity (Wildman–Crippen MR) is 127 cm³/mol. The number of ether oxygens (including phenoxy) is 1. The van der Waals surface area contributed by atoms with Crippen molar-refractivity contribution in [2.45, 2.75) is 25.2 Å². The Morgan fingerprint density at radius 2 is 1.73 bits per heavy atom. The zero-order chi connectivity index (χ0) is 23.3. The lowest BCUT2D eigenvalue weighted by Gasteiger charge is -2.27. The summed E-state index contributed by atoms with van der Waals surface area (Å²) in [6.07, 6.45) is -0.00836. The highest BCUT2D eigenvalue weighted by atomic mass is 35.5. The first kappa shape index (κ1) is 26.6. The number of nitrogens with one attached hydrogen (secondary N) is 2. The summed E-state index contributed by atoms with van der Waals surface area (Å²) in [5, 5.41) is 5.70. The highest BCUT2D eigenvalue weighted by molar-refractivity contribution is 7.89. The number of nitrogens with zero attached hydrogens (tertiary/aromatic N) is 1. The first-order valence-electron chi connectivity index (χ1n) is 10.3. The average Bonchev–Trinajstić information content (AvgIpc) is 2.73. The van der Waals surface area contributed by atoms with Crippen LogP contribution in [0.3, 0.4) is 0 Å². The van der Waals surface area contributed by atoms with Crippen molar-refractivity contribution in [2.75, 3.05) is 32.7 Å². The van der Waals surface area contributed by atoms with Gasteiger partial charge in [0.2, 0.25) is 15.9 Å². The monoisotopic (exact) mass is 496 g/mol. The Bertz CT molecular complexity index is 1100. The molecule has 0 saturated carbocycles. The molecule has 11 heteroatoms. The van der Waals surface area contributed by atoms with Crippen molar-refractivity contribution in [3.05, 3.63) is 53.1 Å². The summed E-state index contributed by atoms with van der Waals surface area (Å²) in [6, 6.07) is 9.92. The van der Waals surface area contributed by atoms with Gasteiger partial charge in [-0.1, -0.05) is 6.07 Å². The summed E-state index contributed by atoms with van der Waals surface area (Å²) < 4.78 is 34.2. The van der Waals surface area contributed by atoms with E-state index in [-0.39, 0.29) is 41.6 Å². The third-order valence-corrected chi connectivity index (χ3v) is 6.90. The maximum atomic E-state index is 13.4. The van der Waals surface area contributed by atoms with Gasteiger partial charge in [0.1, 0.15) is 16.4 Å². The lowest BCUT2D eigenvalue weighted by Crippen LogP contribution is -2.46. The van der Waals surface area contributed by atoms with E-state index in [0.717, 1.165) is 11.1 Å². The molecule has 0 radical (unpaired) electrons. The molecule has 1 aliphatic heterocycles. The van der Waals surface area contributed by atoms with Gasteiger partial charge in [-0.15, -0.1) is 12.4 Å². The summed E-state index contributed by atoms with van der Waals surface area (Å²) in [6.45, 7) is 5.64. The molecule has 3 rings (SSSR count). The van der Waals surface area contributed by atoms with Crippen LogP contribution in [0.2, 0.25) is 0 Å². The molecule has 2 aromatic rings. The number of piperazine rings is 1. The normalized spacial score (nSPS) is 14.2. The smallest absolute Gasteiger partial charge is 0.251 e. The Labute approximate surface area is 200 Å². The molecule has 0 bridgehead atoms. The molecule has 33 heavy (non-hydrogen) atoms. The zero-order valence-electron chi connectivity index (χ0n) is 18.6. The number of amides is 2. The van der Waals surface area contributed by atoms with E-state index in [2.05, 4.69) is 10.6 Å². The highest BCUT2D eigenvalue weighted by Crippen LogP contribution is 2.33. The van der Waals surface area contributed by atoms with Crippen LogP contribution >= 0.6 is 12.4 Å². The Balaban J connectivity index is 0.00000385. The minimum absolute atomic E-state index is 0. The topological polar surface area (TPSA) is 131 Å². The minimum Gasteiger partial charge on any atom is -0.456 e. The second-order valence-corrected chi connectivity index (χ2v) is 9.62. The molecule has 1 saturated heterocycles. The number of rotatable bonds is 8. The van der Waals surface area contributed by atoms with Gasteiger partial charge in [0.25, 0.3) is 5.91 Å². The average molecular weight is 497 g/mol. The van der Waals surface area contributed by atoms with E-state index < -0.39 is 21.8 Å². The van der Waals surface area contributed by atoms with Crippen LogP contribution in [0.15, 0.2) is 41.3 Å². The molecule has 2 amide bonds. The molecule has 4 N–H and O–H groups in total. The van der Waals surface area contributed by atoms with E-state index >= 15 is 0 Å². The fourth-order valence-corrected chi connectivity index (χ4v) is 5.06. The molecule has 0 spiro atoms. The Hall–Kier alpha value is -2.66. The van der Waals surface area contributed by atoms with Crippen molar-refractivity contribution < 1.29 is 22.7 Å². The van der Waals surface area contributed by atoms with Crippen molar-refractivity contribution >= 4 is 34.2 Å². The first-order chi connectivity index (χ1) is 15.2. The van der Waals surface area contributed by atoms with Crippen LogP contribution < -0.4 is 21.1 Å². The fraction of sp³-hybridized carbons (Fsp3) is 0.364. The first-order valence-corrected chi connectivity index (χ1v) is 11.8. The van der Waals surface area contributed by atoms with Crippen LogP contribution in [-0.4, -0.2) is 57.3 Å².